The molecule has 0 aliphatic carbocycles. The number of thiazole rings is 1. The Morgan fingerprint density at radius 1 is 1.11 bits per heavy atom. The van der Waals surface area contributed by atoms with Gasteiger partial charge in [0.05, 0.1) is 25.5 Å². The minimum atomic E-state index is 0.0161. The molecule has 146 valence electrons. The number of para-hydroxylation sites is 1. The highest BCUT2D eigenvalue weighted by Crippen LogP contribution is 2.40. The Bertz CT molecular complexity index is 935. The topological polar surface area (TPSA) is 60.5 Å². The average Bonchev–Trinajstić information content (AvgIpc) is 3.21. The zero-order valence-electron chi connectivity index (χ0n) is 16.3. The molecular weight excluding hydrogens is 372 g/mol. The Kier molecular flexibility index (Phi) is 6.66. The van der Waals surface area contributed by atoms with Gasteiger partial charge in [-0.25, -0.2) is 4.98 Å². The summed E-state index contributed by atoms with van der Waals surface area (Å²) in [5, 5.41) is 5.77. The van der Waals surface area contributed by atoms with Crippen molar-refractivity contribution in [1.82, 2.24) is 10.3 Å². The third kappa shape index (κ3) is 4.70. The van der Waals surface area contributed by atoms with Crippen molar-refractivity contribution in [3.8, 4) is 33.3 Å². The first-order valence-electron chi connectivity index (χ1n) is 9.13. The van der Waals surface area contributed by atoms with E-state index in [1.807, 2.05) is 18.2 Å². The number of benzene rings is 2. The van der Waals surface area contributed by atoms with E-state index in [9.17, 15) is 4.79 Å². The van der Waals surface area contributed by atoms with Crippen LogP contribution in [0, 0.1) is 0 Å². The fourth-order valence-corrected chi connectivity index (χ4v) is 3.84. The normalized spacial score (nSPS) is 10.5. The van der Waals surface area contributed by atoms with E-state index >= 15 is 0 Å². The number of amides is 1. The van der Waals surface area contributed by atoms with E-state index < -0.39 is 0 Å². The number of rotatable bonds is 8. The number of nitrogens with zero attached hydrogens (tertiary/aromatic N) is 1. The summed E-state index contributed by atoms with van der Waals surface area (Å²) in [6, 6.07) is 14.2. The van der Waals surface area contributed by atoms with E-state index in [2.05, 4.69) is 35.0 Å². The maximum atomic E-state index is 10.9. The molecule has 3 rings (SSSR count). The summed E-state index contributed by atoms with van der Waals surface area (Å²) in [6.45, 7) is 2.24. The van der Waals surface area contributed by atoms with Crippen LogP contribution >= 0.6 is 11.3 Å². The molecule has 0 unspecified atom stereocenters. The van der Waals surface area contributed by atoms with Crippen molar-refractivity contribution in [2.45, 2.75) is 19.8 Å². The van der Waals surface area contributed by atoms with E-state index in [-0.39, 0.29) is 5.91 Å². The number of nitrogens with one attached hydrogen (secondary N) is 1. The second kappa shape index (κ2) is 9.37. The lowest BCUT2D eigenvalue weighted by Crippen LogP contribution is -2.21. The molecule has 0 saturated heterocycles. The van der Waals surface area contributed by atoms with Crippen molar-refractivity contribution in [3.63, 3.8) is 0 Å². The molecule has 1 heterocycles. The highest BCUT2D eigenvalue weighted by Gasteiger charge is 2.15. The number of carbonyl (C=O) groups excluding carboxylic acids is 1. The van der Waals surface area contributed by atoms with Crippen LogP contribution in [-0.2, 0) is 11.2 Å². The van der Waals surface area contributed by atoms with E-state index in [1.54, 1.807) is 25.6 Å². The summed E-state index contributed by atoms with van der Waals surface area (Å²) in [7, 11) is 3.27. The van der Waals surface area contributed by atoms with Crippen molar-refractivity contribution in [2.75, 3.05) is 20.8 Å². The molecule has 6 heteroatoms. The second-order valence-corrected chi connectivity index (χ2v) is 7.22. The zero-order chi connectivity index (χ0) is 19.9. The van der Waals surface area contributed by atoms with Gasteiger partial charge in [0.15, 0.2) is 11.5 Å². The second-order valence-electron chi connectivity index (χ2n) is 6.36. The molecule has 0 atom stereocenters. The van der Waals surface area contributed by atoms with Gasteiger partial charge in [-0.1, -0.05) is 30.3 Å². The van der Waals surface area contributed by atoms with Gasteiger partial charge in [-0.15, -0.1) is 11.3 Å². The molecule has 0 bridgehead atoms. The minimum absolute atomic E-state index is 0.0161. The molecular formula is C22H24N2O3S. The molecule has 0 radical (unpaired) electrons. The van der Waals surface area contributed by atoms with Crippen molar-refractivity contribution in [3.05, 3.63) is 53.4 Å². The van der Waals surface area contributed by atoms with Crippen molar-refractivity contribution in [1.29, 1.82) is 0 Å². The van der Waals surface area contributed by atoms with Crippen molar-refractivity contribution >= 4 is 17.2 Å². The number of hydrogen-bond donors (Lipinski definition) is 1. The molecule has 28 heavy (non-hydrogen) atoms. The van der Waals surface area contributed by atoms with Gasteiger partial charge in [0, 0.05) is 24.4 Å². The van der Waals surface area contributed by atoms with Crippen LogP contribution in [-0.4, -0.2) is 31.7 Å². The van der Waals surface area contributed by atoms with E-state index in [4.69, 9.17) is 14.5 Å². The van der Waals surface area contributed by atoms with Gasteiger partial charge < -0.3 is 14.8 Å². The summed E-state index contributed by atoms with van der Waals surface area (Å²) >= 11 is 1.58. The van der Waals surface area contributed by atoms with Crippen LogP contribution in [0.5, 0.6) is 11.5 Å². The predicted octanol–water partition coefficient (Wildman–Crippen LogP) is 4.56. The zero-order valence-corrected chi connectivity index (χ0v) is 17.1. The fraction of sp³-hybridized carbons (Fsp3) is 0.273. The number of hydrogen-bond acceptors (Lipinski definition) is 5. The molecule has 2 aromatic carbocycles. The quantitative estimate of drug-likeness (QED) is 0.567. The molecule has 3 aromatic rings. The van der Waals surface area contributed by atoms with Crippen LogP contribution in [0.2, 0.25) is 0 Å². The Morgan fingerprint density at radius 2 is 1.89 bits per heavy atom. The standard InChI is InChI=1S/C22H24N2O3S/c1-15(25)23-13-5-6-16-9-11-17(12-10-16)19-14-28-22(24-19)18-7-4-8-20(26-2)21(18)27-3/h4,7-12,14H,5-6,13H2,1-3H3,(H,23,25). The van der Waals surface area contributed by atoms with Gasteiger partial charge in [-0.3, -0.25) is 4.79 Å². The summed E-state index contributed by atoms with van der Waals surface area (Å²) < 4.78 is 10.9. The monoisotopic (exact) mass is 396 g/mol. The highest BCUT2D eigenvalue weighted by molar-refractivity contribution is 7.13. The van der Waals surface area contributed by atoms with Gasteiger partial charge >= 0.3 is 0 Å². The molecule has 0 saturated carbocycles. The van der Waals surface area contributed by atoms with E-state index in [0.717, 1.165) is 34.7 Å². The summed E-state index contributed by atoms with van der Waals surface area (Å²) in [5.41, 5.74) is 4.19. The maximum absolute atomic E-state index is 10.9. The SMILES string of the molecule is COc1cccc(-c2nc(-c3ccc(CCCNC(C)=O)cc3)cs2)c1OC. The number of aryl methyl sites for hydroxylation is 1. The molecule has 0 fully saturated rings. The minimum Gasteiger partial charge on any atom is -0.493 e. The van der Waals surface area contributed by atoms with Gasteiger partial charge in [0.2, 0.25) is 5.91 Å². The van der Waals surface area contributed by atoms with Gasteiger partial charge in [-0.05, 0) is 30.5 Å². The molecule has 5 nitrogen and oxygen atoms in total. The predicted molar refractivity (Wildman–Crippen MR) is 113 cm³/mol. The van der Waals surface area contributed by atoms with E-state index in [0.29, 0.717) is 18.0 Å². The third-order valence-corrected chi connectivity index (χ3v) is 5.28. The van der Waals surface area contributed by atoms with Crippen molar-refractivity contribution in [2.24, 2.45) is 0 Å². The smallest absolute Gasteiger partial charge is 0.216 e. The fourth-order valence-electron chi connectivity index (χ4n) is 2.98. The van der Waals surface area contributed by atoms with E-state index in [1.165, 1.54) is 12.5 Å². The maximum Gasteiger partial charge on any atom is 0.216 e. The summed E-state index contributed by atoms with van der Waals surface area (Å²) in [4.78, 5) is 15.7. The Labute approximate surface area is 169 Å². The van der Waals surface area contributed by atoms with Gasteiger partial charge in [0.25, 0.3) is 0 Å². The molecule has 0 aliphatic rings. The first-order valence-corrected chi connectivity index (χ1v) is 10.0. The molecule has 0 spiro atoms. The lowest BCUT2D eigenvalue weighted by Gasteiger charge is -2.10. The number of ether oxygens (including phenoxy) is 2. The first-order chi connectivity index (χ1) is 13.6. The number of aromatic nitrogens is 1. The van der Waals surface area contributed by atoms with Gasteiger partial charge in [0.1, 0.15) is 5.01 Å². The van der Waals surface area contributed by atoms with Crippen LogP contribution in [0.4, 0.5) is 0 Å². The molecule has 1 N–H and O–H groups in total. The van der Waals surface area contributed by atoms with Crippen LogP contribution in [0.15, 0.2) is 47.8 Å². The largest absolute Gasteiger partial charge is 0.493 e. The van der Waals surface area contributed by atoms with Crippen LogP contribution in [0.25, 0.3) is 21.8 Å². The lowest BCUT2D eigenvalue weighted by molar-refractivity contribution is -0.118. The number of carbonyl (C=O) groups is 1. The van der Waals surface area contributed by atoms with Crippen LogP contribution < -0.4 is 14.8 Å². The summed E-state index contributed by atoms with van der Waals surface area (Å²) in [5.74, 6) is 1.41. The van der Waals surface area contributed by atoms with Gasteiger partial charge in [-0.2, -0.15) is 0 Å². The van der Waals surface area contributed by atoms with Crippen LogP contribution in [0.3, 0.4) is 0 Å². The Morgan fingerprint density at radius 3 is 2.57 bits per heavy atom. The van der Waals surface area contributed by atoms with Crippen molar-refractivity contribution < 1.29 is 14.3 Å². The Hall–Kier alpha value is -2.86. The number of methoxy groups -OCH3 is 2. The lowest BCUT2D eigenvalue weighted by atomic mass is 10.1. The Balaban J connectivity index is 1.73. The molecule has 1 aromatic heterocycles. The third-order valence-electron chi connectivity index (χ3n) is 4.40. The average molecular weight is 397 g/mol. The molecule has 1 amide bonds. The summed E-state index contributed by atoms with van der Waals surface area (Å²) in [6.07, 6.45) is 1.86. The molecule has 0 aliphatic heterocycles. The highest BCUT2D eigenvalue weighted by atomic mass is 32.1. The van der Waals surface area contributed by atoms with Crippen LogP contribution in [0.1, 0.15) is 18.9 Å². The first kappa shape index (κ1) is 19.9.